The number of nitrogens with one attached hydrogen (secondary N) is 1. The SMILES string of the molecule is CCOC[C@@H]1CNCC12CCOCC2. The van der Waals surface area contributed by atoms with Gasteiger partial charge in [0.25, 0.3) is 0 Å². The number of hydrogen-bond acceptors (Lipinski definition) is 3. The van der Waals surface area contributed by atoms with Crippen molar-refractivity contribution in [3.8, 4) is 0 Å². The molecule has 0 radical (unpaired) electrons. The number of rotatable bonds is 3. The molecule has 0 bridgehead atoms. The van der Waals surface area contributed by atoms with Gasteiger partial charge < -0.3 is 14.8 Å². The predicted molar refractivity (Wildman–Crippen MR) is 55.3 cm³/mol. The highest BCUT2D eigenvalue weighted by atomic mass is 16.5. The van der Waals surface area contributed by atoms with Crippen LogP contribution in [0.4, 0.5) is 0 Å². The fraction of sp³-hybridized carbons (Fsp3) is 1.00. The van der Waals surface area contributed by atoms with Crippen molar-refractivity contribution < 1.29 is 9.47 Å². The summed E-state index contributed by atoms with van der Waals surface area (Å²) in [6.07, 6.45) is 2.41. The Morgan fingerprint density at radius 2 is 2.21 bits per heavy atom. The zero-order valence-electron chi connectivity index (χ0n) is 9.05. The fourth-order valence-corrected chi connectivity index (χ4v) is 2.71. The molecule has 0 unspecified atom stereocenters. The van der Waals surface area contributed by atoms with Crippen molar-refractivity contribution >= 4 is 0 Å². The minimum atomic E-state index is 0.480. The van der Waals surface area contributed by atoms with Crippen molar-refractivity contribution in [2.45, 2.75) is 19.8 Å². The molecule has 0 saturated carbocycles. The van der Waals surface area contributed by atoms with E-state index in [-0.39, 0.29) is 0 Å². The molecule has 0 amide bonds. The van der Waals surface area contributed by atoms with Gasteiger partial charge in [0, 0.05) is 38.8 Å². The van der Waals surface area contributed by atoms with Crippen LogP contribution in [0, 0.1) is 11.3 Å². The average molecular weight is 199 g/mol. The molecule has 82 valence electrons. The molecule has 3 heteroatoms. The topological polar surface area (TPSA) is 30.5 Å². The zero-order chi connectivity index (χ0) is 9.86. The van der Waals surface area contributed by atoms with Crippen molar-refractivity contribution in [2.75, 3.05) is 39.5 Å². The number of hydrogen-bond donors (Lipinski definition) is 1. The van der Waals surface area contributed by atoms with Crippen LogP contribution in [0.3, 0.4) is 0 Å². The molecule has 0 aliphatic carbocycles. The molecule has 2 heterocycles. The van der Waals surface area contributed by atoms with Gasteiger partial charge in [-0.25, -0.2) is 0 Å². The smallest absolute Gasteiger partial charge is 0.0512 e. The van der Waals surface area contributed by atoms with Gasteiger partial charge in [0.2, 0.25) is 0 Å². The second-order valence-corrected chi connectivity index (χ2v) is 4.46. The molecular formula is C11H21NO2. The predicted octanol–water partition coefficient (Wildman–Crippen LogP) is 1.04. The van der Waals surface area contributed by atoms with Crippen LogP contribution in [-0.2, 0) is 9.47 Å². The standard InChI is InChI=1S/C11H21NO2/c1-2-13-8-10-7-12-9-11(10)3-5-14-6-4-11/h10,12H,2-9H2,1H3/t10-/m0/s1. The molecule has 0 aromatic carbocycles. The van der Waals surface area contributed by atoms with Gasteiger partial charge in [-0.3, -0.25) is 0 Å². The van der Waals surface area contributed by atoms with Gasteiger partial charge in [0.1, 0.15) is 0 Å². The van der Waals surface area contributed by atoms with E-state index in [1.54, 1.807) is 0 Å². The third-order valence-electron chi connectivity index (χ3n) is 3.75. The lowest BCUT2D eigenvalue weighted by atomic mass is 9.72. The summed E-state index contributed by atoms with van der Waals surface area (Å²) in [5, 5.41) is 3.51. The monoisotopic (exact) mass is 199 g/mol. The highest BCUT2D eigenvalue weighted by Crippen LogP contribution is 2.40. The quantitative estimate of drug-likeness (QED) is 0.736. The molecule has 2 rings (SSSR count). The Kier molecular flexibility index (Phi) is 3.42. The van der Waals surface area contributed by atoms with Crippen molar-refractivity contribution in [3.63, 3.8) is 0 Å². The lowest BCUT2D eigenvalue weighted by Crippen LogP contribution is -2.38. The zero-order valence-corrected chi connectivity index (χ0v) is 9.05. The second-order valence-electron chi connectivity index (χ2n) is 4.46. The first-order valence-corrected chi connectivity index (χ1v) is 5.73. The summed E-state index contributed by atoms with van der Waals surface area (Å²) in [6.45, 7) is 7.98. The molecule has 1 spiro atoms. The highest BCUT2D eigenvalue weighted by molar-refractivity contribution is 4.96. The van der Waals surface area contributed by atoms with Crippen molar-refractivity contribution in [1.29, 1.82) is 0 Å². The van der Waals surface area contributed by atoms with E-state index in [1.807, 2.05) is 0 Å². The Balaban J connectivity index is 1.93. The van der Waals surface area contributed by atoms with Crippen LogP contribution in [0.15, 0.2) is 0 Å². The maximum absolute atomic E-state index is 5.56. The second kappa shape index (κ2) is 4.60. The summed E-state index contributed by atoms with van der Waals surface area (Å²) in [4.78, 5) is 0. The summed E-state index contributed by atoms with van der Waals surface area (Å²) >= 11 is 0. The minimum absolute atomic E-state index is 0.480. The summed E-state index contributed by atoms with van der Waals surface area (Å²) in [5.74, 6) is 0.700. The van der Waals surface area contributed by atoms with E-state index in [1.165, 1.54) is 12.8 Å². The average Bonchev–Trinajstić information content (AvgIpc) is 2.59. The first-order valence-electron chi connectivity index (χ1n) is 5.73. The molecule has 0 aromatic heterocycles. The molecule has 2 aliphatic rings. The maximum Gasteiger partial charge on any atom is 0.0512 e. The van der Waals surface area contributed by atoms with Crippen molar-refractivity contribution in [2.24, 2.45) is 11.3 Å². The van der Waals surface area contributed by atoms with Crippen LogP contribution in [-0.4, -0.2) is 39.5 Å². The van der Waals surface area contributed by atoms with Gasteiger partial charge >= 0.3 is 0 Å². The van der Waals surface area contributed by atoms with E-state index >= 15 is 0 Å². The highest BCUT2D eigenvalue weighted by Gasteiger charge is 2.43. The van der Waals surface area contributed by atoms with E-state index in [0.29, 0.717) is 11.3 Å². The third-order valence-corrected chi connectivity index (χ3v) is 3.75. The largest absolute Gasteiger partial charge is 0.381 e. The van der Waals surface area contributed by atoms with Gasteiger partial charge in [-0.1, -0.05) is 0 Å². The maximum atomic E-state index is 5.56. The van der Waals surface area contributed by atoms with Crippen molar-refractivity contribution in [3.05, 3.63) is 0 Å². The lowest BCUT2D eigenvalue weighted by Gasteiger charge is -2.37. The molecular weight excluding hydrogens is 178 g/mol. The first kappa shape index (κ1) is 10.4. The molecule has 2 saturated heterocycles. The normalized spacial score (nSPS) is 31.1. The van der Waals surface area contributed by atoms with Gasteiger partial charge in [-0.15, -0.1) is 0 Å². The summed E-state index contributed by atoms with van der Waals surface area (Å²) < 4.78 is 11.0. The van der Waals surface area contributed by atoms with Crippen LogP contribution in [0.2, 0.25) is 0 Å². The van der Waals surface area contributed by atoms with Crippen LogP contribution < -0.4 is 5.32 Å². The Hall–Kier alpha value is -0.120. The minimum Gasteiger partial charge on any atom is -0.381 e. The lowest BCUT2D eigenvalue weighted by molar-refractivity contribution is -0.0207. The summed E-state index contributed by atoms with van der Waals surface area (Å²) in [5.41, 5.74) is 0.480. The Labute approximate surface area is 86.2 Å². The van der Waals surface area contributed by atoms with E-state index < -0.39 is 0 Å². The van der Waals surface area contributed by atoms with Gasteiger partial charge in [0.05, 0.1) is 6.61 Å². The molecule has 2 aliphatic heterocycles. The van der Waals surface area contributed by atoms with E-state index in [9.17, 15) is 0 Å². The molecule has 3 nitrogen and oxygen atoms in total. The third kappa shape index (κ3) is 1.95. The summed E-state index contributed by atoms with van der Waals surface area (Å²) in [6, 6.07) is 0. The molecule has 14 heavy (non-hydrogen) atoms. The Morgan fingerprint density at radius 3 is 2.93 bits per heavy atom. The molecule has 2 fully saturated rings. The van der Waals surface area contributed by atoms with Crippen LogP contribution in [0.25, 0.3) is 0 Å². The molecule has 0 aromatic rings. The Morgan fingerprint density at radius 1 is 1.43 bits per heavy atom. The van der Waals surface area contributed by atoms with E-state index in [0.717, 1.165) is 39.5 Å². The van der Waals surface area contributed by atoms with Crippen LogP contribution in [0.5, 0.6) is 0 Å². The van der Waals surface area contributed by atoms with E-state index in [2.05, 4.69) is 12.2 Å². The Bertz CT molecular complexity index is 178. The van der Waals surface area contributed by atoms with Gasteiger partial charge in [-0.05, 0) is 25.2 Å². The first-order chi connectivity index (χ1) is 6.87. The van der Waals surface area contributed by atoms with Crippen LogP contribution in [0.1, 0.15) is 19.8 Å². The van der Waals surface area contributed by atoms with Crippen LogP contribution >= 0.6 is 0 Å². The van der Waals surface area contributed by atoms with Gasteiger partial charge in [-0.2, -0.15) is 0 Å². The van der Waals surface area contributed by atoms with E-state index in [4.69, 9.17) is 9.47 Å². The number of ether oxygens (including phenoxy) is 2. The molecule has 1 atom stereocenters. The fourth-order valence-electron chi connectivity index (χ4n) is 2.71. The van der Waals surface area contributed by atoms with Crippen molar-refractivity contribution in [1.82, 2.24) is 5.32 Å². The van der Waals surface area contributed by atoms with Gasteiger partial charge in [0.15, 0.2) is 0 Å². The molecule has 1 N–H and O–H groups in total. The summed E-state index contributed by atoms with van der Waals surface area (Å²) in [7, 11) is 0.